The van der Waals surface area contributed by atoms with E-state index in [0.29, 0.717) is 5.70 Å². The molecule has 2 nitrogen and oxygen atoms in total. The predicted molar refractivity (Wildman–Crippen MR) is 24.0 cm³/mol. The van der Waals surface area contributed by atoms with Crippen LogP contribution in [0.4, 0.5) is 0 Å². The second kappa shape index (κ2) is 2.45. The van der Waals surface area contributed by atoms with Gasteiger partial charge in [-0.3, -0.25) is 0 Å². The molecule has 0 aliphatic carbocycles. The van der Waals surface area contributed by atoms with Crippen LogP contribution >= 0.6 is 0 Å². The van der Waals surface area contributed by atoms with Crippen LogP contribution in [-0.2, 0) is 4.79 Å². The lowest BCUT2D eigenvalue weighted by Crippen LogP contribution is -1.93. The Balaban J connectivity index is 3.05. The minimum Gasteiger partial charge on any atom is -0.402 e. The number of allylic oxidation sites excluding steroid dienone is 1. The molecule has 0 saturated heterocycles. The summed E-state index contributed by atoms with van der Waals surface area (Å²) in [5.41, 5.74) is 5.40. The minimum absolute atomic E-state index is 0.278. The largest absolute Gasteiger partial charge is 0.402 e. The Morgan fingerprint density at radius 1 is 2.00 bits per heavy atom. The van der Waals surface area contributed by atoms with Crippen LogP contribution in [0.1, 0.15) is 6.42 Å². The van der Waals surface area contributed by atoms with E-state index in [0.717, 1.165) is 6.29 Å². The molecule has 0 radical (unpaired) electrons. The molecule has 0 atom stereocenters. The zero-order valence-electron chi connectivity index (χ0n) is 3.48. The number of hydrogen-bond acceptors (Lipinski definition) is 2. The highest BCUT2D eigenvalue weighted by Crippen LogP contribution is 1.77. The summed E-state index contributed by atoms with van der Waals surface area (Å²) in [5.74, 6) is 0. The zero-order valence-corrected chi connectivity index (χ0v) is 3.48. The highest BCUT2D eigenvalue weighted by atomic mass is 16.1. The summed E-state index contributed by atoms with van der Waals surface area (Å²) >= 11 is 0. The molecule has 2 N–H and O–H groups in total. The maximum Gasteiger partial charge on any atom is 0.125 e. The van der Waals surface area contributed by atoms with Crippen molar-refractivity contribution in [3.63, 3.8) is 0 Å². The lowest BCUT2D eigenvalue weighted by molar-refractivity contribution is -0.107. The van der Waals surface area contributed by atoms with Crippen LogP contribution in [0, 0.1) is 0 Å². The number of aldehydes is 1. The first kappa shape index (κ1) is 5.21. The summed E-state index contributed by atoms with van der Waals surface area (Å²) in [6.45, 7) is 3.29. The van der Waals surface area contributed by atoms with Gasteiger partial charge in [-0.05, 0) is 0 Å². The summed E-state index contributed by atoms with van der Waals surface area (Å²) in [6, 6.07) is 0. The van der Waals surface area contributed by atoms with Gasteiger partial charge in [-0.25, -0.2) is 0 Å². The fourth-order valence-corrected chi connectivity index (χ4v) is 0.107. The molecule has 0 spiro atoms. The Morgan fingerprint density at radius 3 is 2.50 bits per heavy atom. The molecule has 0 aliphatic rings. The molecule has 2 heteroatoms. The van der Waals surface area contributed by atoms with E-state index in [1.165, 1.54) is 0 Å². The van der Waals surface area contributed by atoms with E-state index in [-0.39, 0.29) is 6.42 Å². The molecule has 0 heterocycles. The van der Waals surface area contributed by atoms with E-state index >= 15 is 0 Å². The van der Waals surface area contributed by atoms with Crippen molar-refractivity contribution in [1.29, 1.82) is 0 Å². The molecule has 0 aromatic carbocycles. The average Bonchev–Trinajstić information content (AvgIpc) is 1.35. The Hall–Kier alpha value is -0.790. The van der Waals surface area contributed by atoms with E-state index in [9.17, 15) is 4.79 Å². The Bertz CT molecular complexity index is 67.9. The number of carbonyl (C=O) groups excluding carboxylic acids is 1. The summed E-state index contributed by atoms with van der Waals surface area (Å²) in [6.07, 6.45) is 1.00. The first-order valence-electron chi connectivity index (χ1n) is 1.64. The lowest BCUT2D eigenvalue weighted by Gasteiger charge is -1.81. The quantitative estimate of drug-likeness (QED) is 0.481. The summed E-state index contributed by atoms with van der Waals surface area (Å²) < 4.78 is 0. The highest BCUT2D eigenvalue weighted by Gasteiger charge is 1.76. The van der Waals surface area contributed by atoms with Crippen molar-refractivity contribution in [3.8, 4) is 0 Å². The third-order valence-electron chi connectivity index (χ3n) is 0.346. The van der Waals surface area contributed by atoms with Gasteiger partial charge in [0.15, 0.2) is 0 Å². The van der Waals surface area contributed by atoms with Crippen molar-refractivity contribution in [2.24, 2.45) is 5.73 Å². The van der Waals surface area contributed by atoms with Crippen molar-refractivity contribution in [2.45, 2.75) is 6.42 Å². The number of rotatable bonds is 2. The van der Waals surface area contributed by atoms with E-state index in [1.54, 1.807) is 0 Å². The van der Waals surface area contributed by atoms with Crippen LogP contribution in [0.25, 0.3) is 0 Å². The molecule has 0 fully saturated rings. The predicted octanol–water partition coefficient (Wildman–Crippen LogP) is 0.0478. The van der Waals surface area contributed by atoms with Gasteiger partial charge in [-0.2, -0.15) is 0 Å². The molecule has 0 bridgehead atoms. The second-order valence-corrected chi connectivity index (χ2v) is 1.03. The maximum absolute atomic E-state index is 9.47. The first-order chi connectivity index (χ1) is 2.77. The van der Waals surface area contributed by atoms with Gasteiger partial charge in [-0.1, -0.05) is 6.58 Å². The van der Waals surface area contributed by atoms with E-state index in [1.807, 2.05) is 0 Å². The Kier molecular flexibility index (Phi) is 2.13. The van der Waals surface area contributed by atoms with Crippen molar-refractivity contribution < 1.29 is 4.79 Å². The van der Waals surface area contributed by atoms with E-state index in [2.05, 4.69) is 6.58 Å². The van der Waals surface area contributed by atoms with Crippen molar-refractivity contribution in [2.75, 3.05) is 0 Å². The molecule has 0 unspecified atom stereocenters. The standard InChI is InChI=1S/C4H7NO/c1-4(5)2-3-6/h3H,1-2,5H2. The topological polar surface area (TPSA) is 43.1 Å². The molecule has 0 rings (SSSR count). The van der Waals surface area contributed by atoms with Gasteiger partial charge in [0.2, 0.25) is 0 Å². The maximum atomic E-state index is 9.47. The van der Waals surface area contributed by atoms with Crippen LogP contribution in [0.2, 0.25) is 0 Å². The lowest BCUT2D eigenvalue weighted by atomic mass is 10.4. The van der Waals surface area contributed by atoms with Crippen LogP contribution < -0.4 is 5.73 Å². The second-order valence-electron chi connectivity index (χ2n) is 1.03. The van der Waals surface area contributed by atoms with Gasteiger partial charge >= 0.3 is 0 Å². The third-order valence-corrected chi connectivity index (χ3v) is 0.346. The first-order valence-corrected chi connectivity index (χ1v) is 1.64. The molecular weight excluding hydrogens is 78.0 g/mol. The van der Waals surface area contributed by atoms with Gasteiger partial charge in [0, 0.05) is 12.1 Å². The van der Waals surface area contributed by atoms with Crippen molar-refractivity contribution >= 4 is 6.29 Å². The summed E-state index contributed by atoms with van der Waals surface area (Å²) in [7, 11) is 0. The summed E-state index contributed by atoms with van der Waals surface area (Å²) in [5, 5.41) is 0. The molecule has 0 amide bonds. The van der Waals surface area contributed by atoms with Gasteiger partial charge in [0.1, 0.15) is 6.29 Å². The van der Waals surface area contributed by atoms with E-state index in [4.69, 9.17) is 5.73 Å². The van der Waals surface area contributed by atoms with Crippen LogP contribution in [-0.4, -0.2) is 6.29 Å². The number of hydrogen-bond donors (Lipinski definition) is 1. The monoisotopic (exact) mass is 85.1 g/mol. The van der Waals surface area contributed by atoms with Crippen LogP contribution in [0.15, 0.2) is 12.3 Å². The number of nitrogens with two attached hydrogens (primary N) is 1. The molecule has 0 aliphatic heterocycles. The average molecular weight is 85.1 g/mol. The third kappa shape index (κ3) is 3.21. The van der Waals surface area contributed by atoms with Gasteiger partial charge in [0.25, 0.3) is 0 Å². The zero-order chi connectivity index (χ0) is 4.99. The van der Waals surface area contributed by atoms with Gasteiger partial charge in [0.05, 0.1) is 0 Å². The molecule has 0 aromatic rings. The molecular formula is C4H7NO. The fourth-order valence-electron chi connectivity index (χ4n) is 0.107. The van der Waals surface area contributed by atoms with Gasteiger partial charge in [-0.15, -0.1) is 0 Å². The Morgan fingerprint density at radius 2 is 2.50 bits per heavy atom. The SMILES string of the molecule is C=C(N)CC=O. The molecule has 6 heavy (non-hydrogen) atoms. The van der Waals surface area contributed by atoms with Crippen LogP contribution in [0.3, 0.4) is 0 Å². The van der Waals surface area contributed by atoms with E-state index < -0.39 is 0 Å². The summed E-state index contributed by atoms with van der Waals surface area (Å²) in [4.78, 5) is 9.47. The Labute approximate surface area is 36.6 Å². The van der Waals surface area contributed by atoms with Crippen molar-refractivity contribution in [1.82, 2.24) is 0 Å². The minimum atomic E-state index is 0.278. The highest BCUT2D eigenvalue weighted by molar-refractivity contribution is 5.53. The molecule has 0 saturated carbocycles. The molecule has 0 aromatic heterocycles. The number of carbonyl (C=O) groups is 1. The smallest absolute Gasteiger partial charge is 0.125 e. The fraction of sp³-hybridized carbons (Fsp3) is 0.250. The normalized spacial score (nSPS) is 7.33. The van der Waals surface area contributed by atoms with Crippen molar-refractivity contribution in [3.05, 3.63) is 12.3 Å². The molecule has 34 valence electrons. The van der Waals surface area contributed by atoms with Gasteiger partial charge < -0.3 is 10.5 Å². The van der Waals surface area contributed by atoms with Crippen LogP contribution in [0.5, 0.6) is 0 Å².